The fraction of sp³-hybridized carbons (Fsp3) is 0.304. The molecule has 0 aliphatic heterocycles. The number of nitrogens with zero attached hydrogens (tertiary/aromatic N) is 2. The van der Waals surface area contributed by atoms with Gasteiger partial charge < -0.3 is 10.6 Å². The number of fused-ring (bicyclic) bond motifs is 1. The number of amides is 2. The van der Waals surface area contributed by atoms with E-state index in [2.05, 4.69) is 15.6 Å². The summed E-state index contributed by atoms with van der Waals surface area (Å²) in [5.74, 6) is -0.0574. The Kier molecular flexibility index (Phi) is 5.35. The van der Waals surface area contributed by atoms with Crippen LogP contribution < -0.4 is 16.2 Å². The average molecular weight is 404 g/mol. The van der Waals surface area contributed by atoms with Crippen molar-refractivity contribution in [1.82, 2.24) is 14.9 Å². The molecule has 4 rings (SSSR count). The summed E-state index contributed by atoms with van der Waals surface area (Å²) in [6.07, 6.45) is 3.34. The number of carbonyl (C=O) groups is 2. The molecule has 2 aromatic carbocycles. The van der Waals surface area contributed by atoms with Crippen LogP contribution in [0.5, 0.6) is 0 Å². The van der Waals surface area contributed by atoms with Crippen molar-refractivity contribution in [3.05, 3.63) is 70.3 Å². The molecular formula is C23H24N4O3. The maximum absolute atomic E-state index is 12.7. The van der Waals surface area contributed by atoms with Gasteiger partial charge in [0.2, 0.25) is 11.8 Å². The van der Waals surface area contributed by atoms with Crippen molar-refractivity contribution in [2.45, 2.75) is 39.3 Å². The number of carbonyl (C=O) groups excluding carboxylic acids is 2. The highest BCUT2D eigenvalue weighted by molar-refractivity contribution is 5.94. The molecule has 0 bridgehead atoms. The van der Waals surface area contributed by atoms with Gasteiger partial charge in [0.15, 0.2) is 0 Å². The molecule has 2 amide bonds. The van der Waals surface area contributed by atoms with Crippen molar-refractivity contribution >= 4 is 28.4 Å². The summed E-state index contributed by atoms with van der Waals surface area (Å²) in [7, 11) is 0. The molecular weight excluding hydrogens is 380 g/mol. The number of benzene rings is 2. The maximum Gasteiger partial charge on any atom is 0.261 e. The molecule has 0 saturated heterocycles. The second-order valence-electron chi connectivity index (χ2n) is 7.82. The predicted molar refractivity (Wildman–Crippen MR) is 115 cm³/mol. The van der Waals surface area contributed by atoms with Crippen LogP contribution in [-0.2, 0) is 16.1 Å². The molecule has 30 heavy (non-hydrogen) atoms. The monoisotopic (exact) mass is 404 g/mol. The molecule has 7 heteroatoms. The third-order valence-electron chi connectivity index (χ3n) is 5.37. The molecule has 1 aliphatic rings. The predicted octanol–water partition coefficient (Wildman–Crippen LogP) is 2.93. The van der Waals surface area contributed by atoms with E-state index in [1.54, 1.807) is 6.07 Å². The number of aryl methyl sites for hydroxylation is 1. The maximum atomic E-state index is 12.7. The number of aromatic nitrogens is 2. The van der Waals surface area contributed by atoms with Crippen molar-refractivity contribution in [2.24, 2.45) is 5.92 Å². The summed E-state index contributed by atoms with van der Waals surface area (Å²) < 4.78 is 1.32. The summed E-state index contributed by atoms with van der Waals surface area (Å²) in [4.78, 5) is 41.3. The van der Waals surface area contributed by atoms with E-state index in [1.165, 1.54) is 10.9 Å². The molecule has 154 valence electrons. The summed E-state index contributed by atoms with van der Waals surface area (Å²) in [5.41, 5.74) is 3.00. The smallest absolute Gasteiger partial charge is 0.261 e. The van der Waals surface area contributed by atoms with Crippen molar-refractivity contribution in [1.29, 1.82) is 0 Å². The van der Waals surface area contributed by atoms with E-state index in [9.17, 15) is 14.4 Å². The van der Waals surface area contributed by atoms with E-state index >= 15 is 0 Å². The number of rotatable bonds is 6. The van der Waals surface area contributed by atoms with E-state index in [1.807, 2.05) is 50.2 Å². The van der Waals surface area contributed by atoms with Crippen LogP contribution in [0.2, 0.25) is 0 Å². The highest BCUT2D eigenvalue weighted by atomic mass is 16.2. The molecule has 1 unspecified atom stereocenters. The second kappa shape index (κ2) is 8.10. The highest BCUT2D eigenvalue weighted by Crippen LogP contribution is 2.30. The second-order valence-corrected chi connectivity index (χ2v) is 7.82. The van der Waals surface area contributed by atoms with E-state index < -0.39 is 0 Å². The van der Waals surface area contributed by atoms with Gasteiger partial charge in [-0.15, -0.1) is 0 Å². The zero-order valence-corrected chi connectivity index (χ0v) is 17.0. The zero-order valence-electron chi connectivity index (χ0n) is 17.0. The molecule has 2 N–H and O–H groups in total. The molecule has 1 fully saturated rings. The quantitative estimate of drug-likeness (QED) is 0.661. The van der Waals surface area contributed by atoms with Gasteiger partial charge in [0.25, 0.3) is 5.56 Å². The Hall–Kier alpha value is -3.48. The molecule has 1 atom stereocenters. The van der Waals surface area contributed by atoms with E-state index in [0.29, 0.717) is 10.9 Å². The Labute approximate surface area is 174 Å². The first-order valence-electron chi connectivity index (χ1n) is 10.1. The molecule has 1 aromatic heterocycles. The van der Waals surface area contributed by atoms with Crippen LogP contribution in [0.25, 0.3) is 10.9 Å². The minimum Gasteiger partial charge on any atom is -0.348 e. The van der Waals surface area contributed by atoms with E-state index in [4.69, 9.17) is 0 Å². The third-order valence-corrected chi connectivity index (χ3v) is 5.37. The van der Waals surface area contributed by atoms with Crippen LogP contribution in [0.4, 0.5) is 5.69 Å². The van der Waals surface area contributed by atoms with Crippen LogP contribution in [0.15, 0.2) is 53.6 Å². The van der Waals surface area contributed by atoms with Gasteiger partial charge in [-0.2, -0.15) is 0 Å². The number of para-hydroxylation sites is 1. The Balaban J connectivity index is 1.40. The summed E-state index contributed by atoms with van der Waals surface area (Å²) in [6, 6.07) is 12.6. The van der Waals surface area contributed by atoms with Crippen LogP contribution in [-0.4, -0.2) is 21.4 Å². The van der Waals surface area contributed by atoms with Crippen molar-refractivity contribution < 1.29 is 9.59 Å². The Morgan fingerprint density at radius 2 is 1.90 bits per heavy atom. The molecule has 3 aromatic rings. The van der Waals surface area contributed by atoms with Crippen molar-refractivity contribution in [3.8, 4) is 0 Å². The Bertz CT molecular complexity index is 1160. The zero-order chi connectivity index (χ0) is 21.3. The highest BCUT2D eigenvalue weighted by Gasteiger charge is 2.29. The normalized spacial score (nSPS) is 14.3. The summed E-state index contributed by atoms with van der Waals surface area (Å²) >= 11 is 0. The third kappa shape index (κ3) is 4.25. The largest absolute Gasteiger partial charge is 0.348 e. The number of nitrogens with one attached hydrogen (secondary N) is 2. The summed E-state index contributed by atoms with van der Waals surface area (Å²) in [5, 5.41) is 6.30. The van der Waals surface area contributed by atoms with Crippen molar-refractivity contribution in [3.63, 3.8) is 0 Å². The van der Waals surface area contributed by atoms with E-state index in [-0.39, 0.29) is 35.9 Å². The fourth-order valence-corrected chi connectivity index (χ4v) is 3.42. The summed E-state index contributed by atoms with van der Waals surface area (Å²) in [6.45, 7) is 3.67. The fourth-order valence-electron chi connectivity index (χ4n) is 3.42. The van der Waals surface area contributed by atoms with Crippen LogP contribution >= 0.6 is 0 Å². The lowest BCUT2D eigenvalue weighted by Crippen LogP contribution is -2.34. The average Bonchev–Trinajstić information content (AvgIpc) is 3.56. The minimum absolute atomic E-state index is 0.0636. The number of hydrogen-bond donors (Lipinski definition) is 2. The van der Waals surface area contributed by atoms with Crippen LogP contribution in [0, 0.1) is 12.8 Å². The van der Waals surface area contributed by atoms with Gasteiger partial charge in [0.1, 0.15) is 6.54 Å². The molecule has 7 nitrogen and oxygen atoms in total. The first-order valence-corrected chi connectivity index (χ1v) is 10.1. The first kappa shape index (κ1) is 19.8. The van der Waals surface area contributed by atoms with Gasteiger partial charge in [-0.3, -0.25) is 19.0 Å². The molecule has 0 spiro atoms. The van der Waals surface area contributed by atoms with Gasteiger partial charge >= 0.3 is 0 Å². The number of hydrogen-bond acceptors (Lipinski definition) is 4. The lowest BCUT2D eigenvalue weighted by Gasteiger charge is -2.16. The molecule has 1 aliphatic carbocycles. The van der Waals surface area contributed by atoms with Crippen LogP contribution in [0.3, 0.4) is 0 Å². The minimum atomic E-state index is -0.274. The van der Waals surface area contributed by atoms with Crippen LogP contribution in [0.1, 0.15) is 36.9 Å². The Morgan fingerprint density at radius 3 is 2.60 bits per heavy atom. The van der Waals surface area contributed by atoms with Gasteiger partial charge in [-0.05, 0) is 56.0 Å². The first-order chi connectivity index (χ1) is 14.4. The SMILES string of the molecule is Cc1cccc2c(=O)n(CC(=O)NC(C)c3ccc(NC(=O)C4CC4)cc3)cnc12. The van der Waals surface area contributed by atoms with Gasteiger partial charge in [0.05, 0.1) is 23.3 Å². The standard InChI is InChI=1S/C23H24N4O3/c1-14-4-3-5-19-21(14)24-13-27(23(19)30)12-20(28)25-15(2)16-8-10-18(11-9-16)26-22(29)17-6-7-17/h3-5,8-11,13,15,17H,6-7,12H2,1-2H3,(H,25,28)(H,26,29). The van der Waals surface area contributed by atoms with E-state index in [0.717, 1.165) is 29.7 Å². The molecule has 1 saturated carbocycles. The van der Waals surface area contributed by atoms with Gasteiger partial charge in [0, 0.05) is 11.6 Å². The molecule has 1 heterocycles. The number of anilines is 1. The Morgan fingerprint density at radius 1 is 1.17 bits per heavy atom. The van der Waals surface area contributed by atoms with Gasteiger partial charge in [-0.25, -0.2) is 4.98 Å². The lowest BCUT2D eigenvalue weighted by atomic mass is 10.1. The lowest BCUT2D eigenvalue weighted by molar-refractivity contribution is -0.122. The molecule has 0 radical (unpaired) electrons. The topological polar surface area (TPSA) is 93.1 Å². The van der Waals surface area contributed by atoms with Crippen molar-refractivity contribution in [2.75, 3.05) is 5.32 Å². The van der Waals surface area contributed by atoms with Gasteiger partial charge in [-0.1, -0.05) is 24.3 Å².